The lowest BCUT2D eigenvalue weighted by Gasteiger charge is -2.05. The van der Waals surface area contributed by atoms with E-state index in [9.17, 15) is 10.1 Å². The molecular formula is C19H19N5O4S. The van der Waals surface area contributed by atoms with E-state index in [4.69, 9.17) is 9.90 Å². The Balaban J connectivity index is 0.000000687. The maximum absolute atomic E-state index is 10.8. The minimum Gasteiger partial charge on any atom is -0.550 e. The number of nitro groups is 1. The molecule has 0 fully saturated rings. The highest BCUT2D eigenvalue weighted by atomic mass is 32.1. The molecule has 2 aromatic carbocycles. The molecule has 0 aliphatic heterocycles. The van der Waals surface area contributed by atoms with E-state index in [1.807, 2.05) is 42.5 Å². The van der Waals surface area contributed by atoms with Crippen molar-refractivity contribution in [2.24, 2.45) is 17.3 Å². The average molecular weight is 413 g/mol. The third-order valence-corrected chi connectivity index (χ3v) is 4.46. The van der Waals surface area contributed by atoms with Gasteiger partial charge in [0.05, 0.1) is 17.1 Å². The largest absolute Gasteiger partial charge is 0.550 e. The van der Waals surface area contributed by atoms with Crippen molar-refractivity contribution < 1.29 is 19.4 Å². The topological polar surface area (TPSA) is 124 Å². The summed E-state index contributed by atoms with van der Waals surface area (Å²) in [4.78, 5) is 19.2. The summed E-state index contributed by atoms with van der Waals surface area (Å²) in [6, 6.07) is 17.7. The first-order chi connectivity index (χ1) is 13.8. The average Bonchev–Trinajstić information content (AvgIpc) is 3.07. The van der Waals surface area contributed by atoms with Crippen molar-refractivity contribution in [3.8, 4) is 0 Å². The molecule has 0 aliphatic carbocycles. The molecule has 3 rings (SSSR count). The van der Waals surface area contributed by atoms with Crippen LogP contribution < -0.4 is 15.0 Å². The molecule has 0 spiro atoms. The molecule has 9 nitrogen and oxygen atoms in total. The standard InChI is InChI=1S/C17H15N5O2S.C2H4O2/c1-21-12-16(22(23)24)25-17(21)20-19-15-9-7-14(8-10-15)18-11-13-5-3-2-4-6-13;1-2(3)4/h2-10,12H,11H2,1H3;1H3,(H,3,4). The number of hydrogen-bond acceptors (Lipinski definition) is 8. The second kappa shape index (κ2) is 10.6. The van der Waals surface area contributed by atoms with Gasteiger partial charge in [0.1, 0.15) is 5.69 Å². The smallest absolute Gasteiger partial charge is 0.414 e. The molecule has 0 aliphatic rings. The maximum Gasteiger partial charge on any atom is 0.414 e. The van der Waals surface area contributed by atoms with Crippen molar-refractivity contribution in [2.75, 3.05) is 5.32 Å². The van der Waals surface area contributed by atoms with Crippen LogP contribution in [0, 0.1) is 10.1 Å². The van der Waals surface area contributed by atoms with Crippen molar-refractivity contribution in [1.29, 1.82) is 0 Å². The van der Waals surface area contributed by atoms with Crippen LogP contribution in [0.2, 0.25) is 0 Å². The highest BCUT2D eigenvalue weighted by Gasteiger charge is 2.21. The predicted octanol–water partition coefficient (Wildman–Crippen LogP) is 3.26. The Morgan fingerprint density at radius 1 is 1.14 bits per heavy atom. The number of thiazole rings is 1. The first-order valence-electron chi connectivity index (χ1n) is 8.46. The normalized spacial score (nSPS) is 10.3. The molecule has 10 heteroatoms. The maximum atomic E-state index is 10.8. The summed E-state index contributed by atoms with van der Waals surface area (Å²) in [5.41, 5.74) is 2.87. The van der Waals surface area contributed by atoms with Gasteiger partial charge in [0, 0.05) is 29.5 Å². The number of aryl methyl sites for hydroxylation is 1. The van der Waals surface area contributed by atoms with Crippen LogP contribution in [-0.2, 0) is 18.4 Å². The SMILES string of the molecule is CC(=O)[O-].C[n+]1cc([N+](=O)[O-])sc1/N=N/c1ccc(NCc2ccccc2)cc1. The monoisotopic (exact) mass is 413 g/mol. The van der Waals surface area contributed by atoms with Gasteiger partial charge in [0.25, 0.3) is 0 Å². The third-order valence-electron chi connectivity index (χ3n) is 3.44. The van der Waals surface area contributed by atoms with Crippen LogP contribution >= 0.6 is 11.3 Å². The summed E-state index contributed by atoms with van der Waals surface area (Å²) >= 11 is 0.987. The van der Waals surface area contributed by atoms with Gasteiger partial charge in [-0.05, 0) is 41.9 Å². The fourth-order valence-corrected chi connectivity index (χ4v) is 2.89. The summed E-state index contributed by atoms with van der Waals surface area (Å²) in [5, 5.41) is 31.7. The molecule has 1 N–H and O–H groups in total. The first-order valence-corrected chi connectivity index (χ1v) is 9.28. The number of rotatable bonds is 6. The number of carbonyl (C=O) groups excluding carboxylic acids is 1. The van der Waals surface area contributed by atoms with Crippen LogP contribution in [0.15, 0.2) is 71.0 Å². The summed E-state index contributed by atoms with van der Waals surface area (Å²) < 4.78 is 1.59. The molecular weight excluding hydrogens is 394 g/mol. The van der Waals surface area contributed by atoms with Crippen LogP contribution in [0.1, 0.15) is 12.5 Å². The van der Waals surface area contributed by atoms with Crippen LogP contribution in [0.3, 0.4) is 0 Å². The lowest BCUT2D eigenvalue weighted by molar-refractivity contribution is -0.656. The van der Waals surface area contributed by atoms with Crippen molar-refractivity contribution in [1.82, 2.24) is 0 Å². The number of anilines is 1. The molecule has 0 radical (unpaired) electrons. The molecule has 0 bridgehead atoms. The van der Waals surface area contributed by atoms with Crippen LogP contribution in [0.4, 0.5) is 21.5 Å². The van der Waals surface area contributed by atoms with Gasteiger partial charge in [0.2, 0.25) is 0 Å². The second-order valence-electron chi connectivity index (χ2n) is 5.80. The molecule has 1 aromatic heterocycles. The Labute approximate surface area is 171 Å². The van der Waals surface area contributed by atoms with Crippen LogP contribution in [0.5, 0.6) is 0 Å². The third kappa shape index (κ3) is 7.46. The van der Waals surface area contributed by atoms with E-state index >= 15 is 0 Å². The van der Waals surface area contributed by atoms with E-state index in [1.54, 1.807) is 11.6 Å². The molecule has 0 saturated heterocycles. The number of nitrogens with zero attached hydrogens (tertiary/aromatic N) is 4. The lowest BCUT2D eigenvalue weighted by Crippen LogP contribution is -2.23. The van der Waals surface area contributed by atoms with Crippen molar-refractivity contribution >= 4 is 38.8 Å². The Bertz CT molecular complexity index is 984. The Hall–Kier alpha value is -3.66. The van der Waals surface area contributed by atoms with Crippen molar-refractivity contribution in [2.45, 2.75) is 13.5 Å². The number of hydrogen-bond donors (Lipinski definition) is 1. The van der Waals surface area contributed by atoms with Gasteiger partial charge in [-0.1, -0.05) is 30.3 Å². The van der Waals surface area contributed by atoms with Gasteiger partial charge in [-0.2, -0.15) is 0 Å². The molecule has 3 aromatic rings. The summed E-state index contributed by atoms with van der Waals surface area (Å²) in [6.45, 7) is 1.72. The van der Waals surface area contributed by atoms with Crippen LogP contribution in [-0.4, -0.2) is 10.9 Å². The number of carboxylic acids is 1. The van der Waals surface area contributed by atoms with Gasteiger partial charge in [-0.25, -0.2) is 4.57 Å². The summed E-state index contributed by atoms with van der Waals surface area (Å²) in [5.74, 6) is -1.08. The van der Waals surface area contributed by atoms with Crippen molar-refractivity contribution in [3.05, 3.63) is 76.5 Å². The lowest BCUT2D eigenvalue weighted by atomic mass is 10.2. The minimum atomic E-state index is -1.08. The van der Waals surface area contributed by atoms with Gasteiger partial charge in [-0.15, -0.1) is 0 Å². The highest BCUT2D eigenvalue weighted by molar-refractivity contribution is 7.17. The van der Waals surface area contributed by atoms with Gasteiger partial charge in [-0.3, -0.25) is 10.1 Å². The van der Waals surface area contributed by atoms with Gasteiger partial charge < -0.3 is 15.2 Å². The van der Waals surface area contributed by atoms with E-state index in [0.717, 1.165) is 30.5 Å². The van der Waals surface area contributed by atoms with Crippen LogP contribution in [0.25, 0.3) is 0 Å². The number of azo groups is 1. The summed E-state index contributed by atoms with van der Waals surface area (Å²) in [6.07, 6.45) is 1.43. The van der Waals surface area contributed by atoms with E-state index in [2.05, 4.69) is 27.7 Å². The number of aromatic nitrogens is 1. The molecule has 0 unspecified atom stereocenters. The molecule has 150 valence electrons. The summed E-state index contributed by atoms with van der Waals surface area (Å²) in [7, 11) is 1.70. The number of carboxylic acid groups (broad SMARTS) is 1. The second-order valence-corrected chi connectivity index (χ2v) is 6.79. The van der Waals surface area contributed by atoms with Crippen molar-refractivity contribution in [3.63, 3.8) is 0 Å². The predicted molar refractivity (Wildman–Crippen MR) is 107 cm³/mol. The molecule has 29 heavy (non-hydrogen) atoms. The number of aliphatic carboxylic acids is 1. The quantitative estimate of drug-likeness (QED) is 0.287. The van der Waals surface area contributed by atoms with E-state index in [1.165, 1.54) is 11.8 Å². The zero-order valence-electron chi connectivity index (χ0n) is 15.8. The molecule has 0 amide bonds. The first kappa shape index (κ1) is 21.6. The van der Waals surface area contributed by atoms with Gasteiger partial charge in [0.15, 0.2) is 6.20 Å². The fraction of sp³-hybridized carbons (Fsp3) is 0.158. The molecule has 1 heterocycles. The van der Waals surface area contributed by atoms with E-state index in [-0.39, 0.29) is 5.00 Å². The zero-order valence-corrected chi connectivity index (χ0v) is 16.6. The Morgan fingerprint density at radius 3 is 2.31 bits per heavy atom. The van der Waals surface area contributed by atoms with E-state index < -0.39 is 10.9 Å². The highest BCUT2D eigenvalue weighted by Crippen LogP contribution is 2.27. The number of benzene rings is 2. The molecule has 0 saturated carbocycles. The van der Waals surface area contributed by atoms with Gasteiger partial charge >= 0.3 is 10.1 Å². The Kier molecular flexibility index (Phi) is 7.92. The number of carbonyl (C=O) groups is 1. The fourth-order valence-electron chi connectivity index (χ4n) is 2.13. The molecule has 0 atom stereocenters. The number of nitrogens with one attached hydrogen (secondary N) is 1. The van der Waals surface area contributed by atoms with E-state index in [0.29, 0.717) is 10.8 Å². The zero-order chi connectivity index (χ0) is 21.2. The Morgan fingerprint density at radius 2 is 1.76 bits per heavy atom. The minimum absolute atomic E-state index is 0.0388.